The summed E-state index contributed by atoms with van der Waals surface area (Å²) in [5.41, 5.74) is 1.72. The molecular formula is C17H16ClN3O2S. The number of halogens is 1. The Kier molecular flexibility index (Phi) is 6.50. The monoisotopic (exact) mass is 361 g/mol. The Labute approximate surface area is 150 Å². The second-order valence-corrected chi connectivity index (χ2v) is 6.14. The smallest absolute Gasteiger partial charge is 0.252 e. The Morgan fingerprint density at radius 1 is 1.38 bits per heavy atom. The first kappa shape index (κ1) is 18.1. The number of rotatable bonds is 6. The van der Waals surface area contributed by atoms with Crippen LogP contribution in [0.2, 0.25) is 0 Å². The van der Waals surface area contributed by atoms with Gasteiger partial charge in [-0.3, -0.25) is 4.79 Å². The maximum absolute atomic E-state index is 12.1. The van der Waals surface area contributed by atoms with E-state index in [1.807, 2.05) is 6.07 Å². The summed E-state index contributed by atoms with van der Waals surface area (Å²) in [6.45, 7) is 0.347. The average Bonchev–Trinajstić information content (AvgIpc) is 2.60. The Hall–Kier alpha value is -2.20. The van der Waals surface area contributed by atoms with Gasteiger partial charge in [0.2, 0.25) is 0 Å². The average molecular weight is 362 g/mol. The number of aliphatic hydroxyl groups is 1. The fourth-order valence-corrected chi connectivity index (χ4v) is 2.47. The van der Waals surface area contributed by atoms with Crippen molar-refractivity contribution in [2.75, 3.05) is 18.4 Å². The molecule has 1 unspecified atom stereocenters. The van der Waals surface area contributed by atoms with E-state index in [-0.39, 0.29) is 19.0 Å². The highest BCUT2D eigenvalue weighted by molar-refractivity contribution is 7.81. The molecule has 0 aliphatic heterocycles. The summed E-state index contributed by atoms with van der Waals surface area (Å²) in [5.74, 6) is -0.344. The van der Waals surface area contributed by atoms with Crippen molar-refractivity contribution in [2.45, 2.75) is 12.5 Å². The minimum absolute atomic E-state index is 0.0867. The van der Waals surface area contributed by atoms with Crippen LogP contribution < -0.4 is 10.6 Å². The summed E-state index contributed by atoms with van der Waals surface area (Å²) in [6.07, 6.45) is 2.98. The third kappa shape index (κ3) is 5.17. The van der Waals surface area contributed by atoms with E-state index < -0.39 is 6.10 Å². The minimum atomic E-state index is -0.770. The summed E-state index contributed by atoms with van der Waals surface area (Å²) in [5, 5.41) is 24.9. The van der Waals surface area contributed by atoms with E-state index in [4.69, 9.17) is 29.1 Å². The van der Waals surface area contributed by atoms with E-state index >= 15 is 0 Å². The lowest BCUT2D eigenvalue weighted by atomic mass is 10.0. The molecule has 0 saturated carbocycles. The molecule has 24 heavy (non-hydrogen) atoms. The molecule has 0 radical (unpaired) electrons. The van der Waals surface area contributed by atoms with Gasteiger partial charge in [-0.2, -0.15) is 5.26 Å². The van der Waals surface area contributed by atoms with Crippen LogP contribution in [0.15, 0.2) is 47.0 Å². The molecule has 1 aliphatic carbocycles. The Bertz CT molecular complexity index is 735. The number of amides is 1. The number of carbonyl (C=O) groups excluding carboxylic acids is 1. The number of nitriles is 1. The number of allylic oxidation sites excluding steroid dienone is 3. The van der Waals surface area contributed by atoms with Crippen molar-refractivity contribution in [3.8, 4) is 6.07 Å². The van der Waals surface area contributed by atoms with Gasteiger partial charge in [0.25, 0.3) is 5.91 Å². The lowest BCUT2D eigenvalue weighted by Crippen LogP contribution is -2.37. The molecule has 1 aliphatic rings. The van der Waals surface area contributed by atoms with Crippen LogP contribution in [-0.4, -0.2) is 35.1 Å². The highest BCUT2D eigenvalue weighted by Crippen LogP contribution is 2.18. The molecule has 1 aromatic carbocycles. The third-order valence-corrected chi connectivity index (χ3v) is 4.01. The number of nitrogens with one attached hydrogen (secondary N) is 2. The van der Waals surface area contributed by atoms with Crippen LogP contribution in [0.4, 0.5) is 5.69 Å². The maximum atomic E-state index is 12.1. The van der Waals surface area contributed by atoms with Gasteiger partial charge in [-0.15, -0.1) is 0 Å². The van der Waals surface area contributed by atoms with Crippen LogP contribution >= 0.6 is 23.8 Å². The fourth-order valence-electron chi connectivity index (χ4n) is 2.05. The van der Waals surface area contributed by atoms with Gasteiger partial charge in [-0.1, -0.05) is 29.9 Å². The van der Waals surface area contributed by atoms with Gasteiger partial charge in [0.05, 0.1) is 23.3 Å². The number of nitrogens with zero attached hydrogens (tertiary/aromatic N) is 1. The summed E-state index contributed by atoms with van der Waals surface area (Å²) >= 11 is 11.0. The number of carbonyl (C=O) groups is 1. The van der Waals surface area contributed by atoms with Gasteiger partial charge < -0.3 is 15.7 Å². The molecule has 0 saturated heterocycles. The van der Waals surface area contributed by atoms with Crippen molar-refractivity contribution in [1.29, 1.82) is 5.26 Å². The predicted molar refractivity (Wildman–Crippen MR) is 97.9 cm³/mol. The van der Waals surface area contributed by atoms with E-state index in [0.29, 0.717) is 27.5 Å². The normalized spacial score (nSPS) is 15.0. The largest absolute Gasteiger partial charge is 0.389 e. The summed E-state index contributed by atoms with van der Waals surface area (Å²) in [4.78, 5) is 12.6. The number of thiocarbonyl (C=S) groups is 1. The van der Waals surface area contributed by atoms with E-state index in [1.54, 1.807) is 30.3 Å². The number of aliphatic hydroxyl groups excluding tert-OH is 1. The zero-order valence-electron chi connectivity index (χ0n) is 12.8. The van der Waals surface area contributed by atoms with Crippen LogP contribution in [0.3, 0.4) is 0 Å². The number of hydrogen-bond donors (Lipinski definition) is 3. The topological polar surface area (TPSA) is 85.2 Å². The first-order valence-electron chi connectivity index (χ1n) is 7.30. The summed E-state index contributed by atoms with van der Waals surface area (Å²) in [6, 6.07) is 8.91. The number of anilines is 1. The molecule has 124 valence electrons. The van der Waals surface area contributed by atoms with Gasteiger partial charge in [0.1, 0.15) is 0 Å². The maximum Gasteiger partial charge on any atom is 0.252 e. The standard InChI is InChI=1S/C17H16ClN3O2S/c18-12-3-6-16(24)15(7-12)17(23)21-10-14(22)9-20-13-4-1-11(8-19)2-5-13/h1-5,7,14,20,22H,6,9-10H2,(H,21,23). The Balaban J connectivity index is 1.79. The van der Waals surface area contributed by atoms with E-state index in [9.17, 15) is 9.90 Å². The van der Waals surface area contributed by atoms with Crippen molar-refractivity contribution >= 4 is 40.3 Å². The minimum Gasteiger partial charge on any atom is -0.389 e. The van der Waals surface area contributed by atoms with Gasteiger partial charge >= 0.3 is 0 Å². The quantitative estimate of drug-likeness (QED) is 0.677. The number of benzene rings is 1. The molecule has 0 bridgehead atoms. The third-order valence-electron chi connectivity index (χ3n) is 3.36. The molecule has 1 amide bonds. The van der Waals surface area contributed by atoms with Crippen LogP contribution in [-0.2, 0) is 4.79 Å². The van der Waals surface area contributed by atoms with Gasteiger partial charge in [-0.05, 0) is 30.3 Å². The molecule has 1 atom stereocenters. The zero-order chi connectivity index (χ0) is 17.5. The molecule has 0 aromatic heterocycles. The lowest BCUT2D eigenvalue weighted by molar-refractivity contribution is -0.117. The lowest BCUT2D eigenvalue weighted by Gasteiger charge is -2.16. The summed E-state index contributed by atoms with van der Waals surface area (Å²) in [7, 11) is 0. The first-order chi connectivity index (χ1) is 11.5. The van der Waals surface area contributed by atoms with Crippen LogP contribution in [0.25, 0.3) is 0 Å². The number of hydrogen-bond acceptors (Lipinski definition) is 5. The molecule has 5 nitrogen and oxygen atoms in total. The van der Waals surface area contributed by atoms with E-state index in [1.165, 1.54) is 6.08 Å². The Morgan fingerprint density at radius 2 is 2.08 bits per heavy atom. The highest BCUT2D eigenvalue weighted by atomic mass is 35.5. The zero-order valence-corrected chi connectivity index (χ0v) is 14.3. The highest BCUT2D eigenvalue weighted by Gasteiger charge is 2.18. The van der Waals surface area contributed by atoms with Gasteiger partial charge in [-0.25, -0.2) is 0 Å². The van der Waals surface area contributed by atoms with Gasteiger partial charge in [0, 0.05) is 35.1 Å². The van der Waals surface area contributed by atoms with Crippen molar-refractivity contribution in [1.82, 2.24) is 5.32 Å². The van der Waals surface area contributed by atoms with Gasteiger partial charge in [0.15, 0.2) is 0 Å². The molecular weight excluding hydrogens is 346 g/mol. The molecule has 0 fully saturated rings. The van der Waals surface area contributed by atoms with Crippen LogP contribution in [0, 0.1) is 11.3 Å². The van der Waals surface area contributed by atoms with E-state index in [2.05, 4.69) is 10.6 Å². The molecule has 7 heteroatoms. The Morgan fingerprint density at radius 3 is 2.75 bits per heavy atom. The molecule has 1 aromatic rings. The summed E-state index contributed by atoms with van der Waals surface area (Å²) < 4.78 is 0. The van der Waals surface area contributed by atoms with Crippen LogP contribution in [0.1, 0.15) is 12.0 Å². The van der Waals surface area contributed by atoms with Crippen molar-refractivity contribution < 1.29 is 9.90 Å². The molecule has 0 spiro atoms. The van der Waals surface area contributed by atoms with E-state index in [0.717, 1.165) is 5.69 Å². The van der Waals surface area contributed by atoms with Crippen molar-refractivity contribution in [3.63, 3.8) is 0 Å². The molecule has 2 rings (SSSR count). The first-order valence-corrected chi connectivity index (χ1v) is 8.09. The molecule has 0 heterocycles. The van der Waals surface area contributed by atoms with Crippen molar-refractivity contribution in [2.24, 2.45) is 0 Å². The second kappa shape index (κ2) is 8.60. The fraction of sp³-hybridized carbons (Fsp3) is 0.235. The van der Waals surface area contributed by atoms with Crippen molar-refractivity contribution in [3.05, 3.63) is 52.6 Å². The van der Waals surface area contributed by atoms with Crippen LogP contribution in [0.5, 0.6) is 0 Å². The predicted octanol–water partition coefficient (Wildman–Crippen LogP) is 2.27. The molecule has 3 N–H and O–H groups in total. The second-order valence-electron chi connectivity index (χ2n) is 5.21. The SMILES string of the molecule is N#Cc1ccc(NCC(O)CNC(=O)C2=CC(Cl)=CCC2=S)cc1.